The van der Waals surface area contributed by atoms with Gasteiger partial charge in [0.25, 0.3) is 5.91 Å². The number of thiophene rings is 1. The molecule has 0 atom stereocenters. The lowest BCUT2D eigenvalue weighted by Crippen LogP contribution is -2.20. The normalized spacial score (nSPS) is 10.4. The minimum atomic E-state index is -0.904. The van der Waals surface area contributed by atoms with E-state index in [4.69, 9.17) is 5.73 Å². The first-order valence-electron chi connectivity index (χ1n) is 7.11. The minimum absolute atomic E-state index is 0.116. The van der Waals surface area contributed by atoms with Crippen LogP contribution in [0.1, 0.15) is 15.4 Å². The van der Waals surface area contributed by atoms with Crippen LogP contribution in [0, 0.1) is 5.82 Å². The summed E-state index contributed by atoms with van der Waals surface area (Å²) >= 11 is 1.58. The number of halogens is 1. The predicted octanol–water partition coefficient (Wildman–Crippen LogP) is 2.27. The van der Waals surface area contributed by atoms with Crippen molar-refractivity contribution in [1.29, 1.82) is 0 Å². The standard InChI is InChI=1S/C15H13FN6O2S/c16-11-4-3-9(6-12(11)19-15(17)24)18-14(23)13-8-22(21-20-13)7-10-2-1-5-25-10/h1-6,8H,7H2,(H,18,23)(H3,17,19,24). The predicted molar refractivity (Wildman–Crippen MR) is 91.0 cm³/mol. The maximum Gasteiger partial charge on any atom is 0.316 e. The van der Waals surface area contributed by atoms with E-state index in [-0.39, 0.29) is 17.1 Å². The number of anilines is 2. The number of urea groups is 1. The van der Waals surface area contributed by atoms with Gasteiger partial charge in [-0.25, -0.2) is 13.9 Å². The van der Waals surface area contributed by atoms with Crippen molar-refractivity contribution in [2.45, 2.75) is 6.54 Å². The molecule has 4 N–H and O–H groups in total. The van der Waals surface area contributed by atoms with Crippen LogP contribution < -0.4 is 16.4 Å². The summed E-state index contributed by atoms with van der Waals surface area (Å²) in [5.74, 6) is -1.17. The highest BCUT2D eigenvalue weighted by Crippen LogP contribution is 2.20. The number of nitrogens with two attached hydrogens (primary N) is 1. The summed E-state index contributed by atoms with van der Waals surface area (Å²) < 4.78 is 15.1. The van der Waals surface area contributed by atoms with E-state index in [0.717, 1.165) is 10.9 Å². The zero-order valence-corrected chi connectivity index (χ0v) is 13.6. The largest absolute Gasteiger partial charge is 0.351 e. The van der Waals surface area contributed by atoms with Crippen LogP contribution >= 0.6 is 11.3 Å². The molecule has 0 aliphatic rings. The van der Waals surface area contributed by atoms with E-state index < -0.39 is 17.8 Å². The molecule has 0 aliphatic heterocycles. The van der Waals surface area contributed by atoms with Gasteiger partial charge in [-0.3, -0.25) is 4.79 Å². The van der Waals surface area contributed by atoms with E-state index in [0.29, 0.717) is 6.54 Å². The number of nitrogens with one attached hydrogen (secondary N) is 2. The van der Waals surface area contributed by atoms with E-state index in [2.05, 4.69) is 20.9 Å². The topological polar surface area (TPSA) is 115 Å². The van der Waals surface area contributed by atoms with E-state index in [1.165, 1.54) is 18.3 Å². The minimum Gasteiger partial charge on any atom is -0.351 e. The summed E-state index contributed by atoms with van der Waals surface area (Å²) in [7, 11) is 0. The van der Waals surface area contributed by atoms with Crippen LogP contribution in [0.2, 0.25) is 0 Å². The lowest BCUT2D eigenvalue weighted by molar-refractivity contribution is 0.102. The number of hydrogen-bond donors (Lipinski definition) is 3. The van der Waals surface area contributed by atoms with E-state index in [9.17, 15) is 14.0 Å². The molecule has 3 aromatic rings. The van der Waals surface area contributed by atoms with Crippen LogP contribution in [0.3, 0.4) is 0 Å². The lowest BCUT2D eigenvalue weighted by Gasteiger charge is -2.07. The molecule has 128 valence electrons. The average molecular weight is 360 g/mol. The van der Waals surface area contributed by atoms with Crippen LogP contribution in [-0.4, -0.2) is 26.9 Å². The van der Waals surface area contributed by atoms with Gasteiger partial charge < -0.3 is 16.4 Å². The number of rotatable bonds is 5. The SMILES string of the molecule is NC(=O)Nc1cc(NC(=O)c2cn(Cc3cccs3)nn2)ccc1F. The Bertz CT molecular complexity index is 909. The maximum atomic E-state index is 13.6. The maximum absolute atomic E-state index is 13.6. The third-order valence-corrected chi connectivity index (χ3v) is 4.01. The molecule has 1 aromatic carbocycles. The first-order valence-corrected chi connectivity index (χ1v) is 7.99. The summed E-state index contributed by atoms with van der Waals surface area (Å²) in [6, 6.07) is 6.70. The van der Waals surface area contributed by atoms with Crippen LogP contribution in [0.25, 0.3) is 0 Å². The van der Waals surface area contributed by atoms with Crippen molar-refractivity contribution in [1.82, 2.24) is 15.0 Å². The lowest BCUT2D eigenvalue weighted by atomic mass is 10.2. The van der Waals surface area contributed by atoms with Crippen molar-refractivity contribution >= 4 is 34.6 Å². The number of carbonyl (C=O) groups is 2. The summed E-state index contributed by atoms with van der Waals surface area (Å²) in [5.41, 5.74) is 5.23. The van der Waals surface area contributed by atoms with Crippen molar-refractivity contribution in [2.75, 3.05) is 10.6 Å². The Hall–Kier alpha value is -3.27. The first-order chi connectivity index (χ1) is 12.0. The van der Waals surface area contributed by atoms with Gasteiger partial charge in [0.15, 0.2) is 5.69 Å². The van der Waals surface area contributed by atoms with Crippen LogP contribution in [-0.2, 0) is 6.54 Å². The Kier molecular flexibility index (Phi) is 4.70. The highest BCUT2D eigenvalue weighted by molar-refractivity contribution is 7.09. The number of amides is 3. The molecule has 0 saturated carbocycles. The second-order valence-corrected chi connectivity index (χ2v) is 6.05. The average Bonchev–Trinajstić information content (AvgIpc) is 3.22. The summed E-state index contributed by atoms with van der Waals surface area (Å²) in [6.45, 7) is 0.515. The van der Waals surface area contributed by atoms with Crippen molar-refractivity contribution in [3.05, 3.63) is 58.3 Å². The number of hydrogen-bond acceptors (Lipinski definition) is 5. The second-order valence-electron chi connectivity index (χ2n) is 5.02. The molecule has 0 saturated heterocycles. The molecule has 25 heavy (non-hydrogen) atoms. The number of nitrogens with zero attached hydrogens (tertiary/aromatic N) is 3. The number of aromatic nitrogens is 3. The number of primary amides is 1. The fourth-order valence-electron chi connectivity index (χ4n) is 2.07. The van der Waals surface area contributed by atoms with Crippen molar-refractivity contribution in [3.8, 4) is 0 Å². The van der Waals surface area contributed by atoms with Crippen molar-refractivity contribution in [2.24, 2.45) is 5.73 Å². The molecule has 0 fully saturated rings. The van der Waals surface area contributed by atoms with E-state index in [1.54, 1.807) is 16.0 Å². The summed E-state index contributed by atoms with van der Waals surface area (Å²) in [5, 5.41) is 14.4. The van der Waals surface area contributed by atoms with Crippen LogP contribution in [0.5, 0.6) is 0 Å². The molecule has 0 bridgehead atoms. The van der Waals surface area contributed by atoms with Gasteiger partial charge >= 0.3 is 6.03 Å². The van der Waals surface area contributed by atoms with Gasteiger partial charge in [-0.1, -0.05) is 11.3 Å². The Morgan fingerprint density at radius 2 is 2.12 bits per heavy atom. The smallest absolute Gasteiger partial charge is 0.316 e. The van der Waals surface area contributed by atoms with Gasteiger partial charge in [0.1, 0.15) is 5.82 Å². The molecule has 2 aromatic heterocycles. The first kappa shape index (κ1) is 16.6. The molecule has 3 amide bonds. The fourth-order valence-corrected chi connectivity index (χ4v) is 2.76. The third kappa shape index (κ3) is 4.18. The summed E-state index contributed by atoms with van der Waals surface area (Å²) in [4.78, 5) is 24.1. The second kappa shape index (κ2) is 7.09. The highest BCUT2D eigenvalue weighted by atomic mass is 32.1. The zero-order valence-electron chi connectivity index (χ0n) is 12.8. The van der Waals surface area contributed by atoms with Crippen molar-refractivity contribution in [3.63, 3.8) is 0 Å². The zero-order chi connectivity index (χ0) is 17.8. The van der Waals surface area contributed by atoms with Gasteiger partial charge in [0.2, 0.25) is 0 Å². The van der Waals surface area contributed by atoms with Crippen LogP contribution in [0.4, 0.5) is 20.6 Å². The Morgan fingerprint density at radius 1 is 1.28 bits per heavy atom. The van der Waals surface area contributed by atoms with Gasteiger partial charge in [0.05, 0.1) is 18.4 Å². The van der Waals surface area contributed by atoms with Gasteiger partial charge in [-0.2, -0.15) is 0 Å². The van der Waals surface area contributed by atoms with E-state index in [1.807, 2.05) is 17.5 Å². The quantitative estimate of drug-likeness (QED) is 0.647. The number of carbonyl (C=O) groups excluding carboxylic acids is 2. The Morgan fingerprint density at radius 3 is 2.84 bits per heavy atom. The third-order valence-electron chi connectivity index (χ3n) is 3.15. The molecule has 8 nitrogen and oxygen atoms in total. The molecule has 0 spiro atoms. The molecular weight excluding hydrogens is 347 g/mol. The molecule has 0 unspecified atom stereocenters. The van der Waals surface area contributed by atoms with Crippen molar-refractivity contribution < 1.29 is 14.0 Å². The monoisotopic (exact) mass is 360 g/mol. The number of benzene rings is 1. The molecule has 0 radical (unpaired) electrons. The molecular formula is C15H13FN6O2S. The summed E-state index contributed by atoms with van der Waals surface area (Å²) in [6.07, 6.45) is 1.52. The van der Waals surface area contributed by atoms with E-state index >= 15 is 0 Å². The van der Waals surface area contributed by atoms with Crippen LogP contribution in [0.15, 0.2) is 41.9 Å². The molecule has 2 heterocycles. The van der Waals surface area contributed by atoms with Gasteiger partial charge in [0, 0.05) is 10.6 Å². The van der Waals surface area contributed by atoms with Gasteiger partial charge in [-0.15, -0.1) is 16.4 Å². The Labute approximate surface area is 145 Å². The molecule has 10 heteroatoms. The molecule has 3 rings (SSSR count). The fraction of sp³-hybridized carbons (Fsp3) is 0.0667. The Balaban J connectivity index is 1.70. The molecule has 0 aliphatic carbocycles. The highest BCUT2D eigenvalue weighted by Gasteiger charge is 2.13. The van der Waals surface area contributed by atoms with Gasteiger partial charge in [-0.05, 0) is 29.6 Å².